The minimum atomic E-state index is 0.246. The van der Waals surface area contributed by atoms with Crippen molar-refractivity contribution in [2.24, 2.45) is 5.92 Å². The Balaban J connectivity index is 1.81. The topological polar surface area (TPSA) is 39.1 Å². The fourth-order valence-corrected chi connectivity index (χ4v) is 2.63. The molecule has 0 aromatic carbocycles. The fraction of sp³-hybridized carbons (Fsp3) is 0.750. The van der Waals surface area contributed by atoms with Gasteiger partial charge in [-0.05, 0) is 26.3 Å². The zero-order valence-corrected chi connectivity index (χ0v) is 9.72. The number of rotatable bonds is 4. The van der Waals surface area contributed by atoms with Crippen LogP contribution in [0, 0.1) is 5.92 Å². The van der Waals surface area contributed by atoms with Crippen molar-refractivity contribution in [1.29, 1.82) is 0 Å². The highest BCUT2D eigenvalue weighted by atomic mass is 16.5. The summed E-state index contributed by atoms with van der Waals surface area (Å²) in [5.41, 5.74) is 1.28. The van der Waals surface area contributed by atoms with Crippen LogP contribution in [0.15, 0.2) is 12.5 Å². The molecule has 3 rings (SSSR count). The zero-order chi connectivity index (χ0) is 11.0. The maximum absolute atomic E-state index is 5.88. The van der Waals surface area contributed by atoms with Crippen LogP contribution in [0.25, 0.3) is 0 Å². The largest absolute Gasteiger partial charge is 0.372 e. The highest BCUT2D eigenvalue weighted by Crippen LogP contribution is 2.40. The van der Waals surface area contributed by atoms with Crippen LogP contribution in [0.4, 0.5) is 0 Å². The van der Waals surface area contributed by atoms with Crippen molar-refractivity contribution in [3.05, 3.63) is 18.2 Å². The van der Waals surface area contributed by atoms with Crippen LogP contribution < -0.4 is 5.32 Å². The van der Waals surface area contributed by atoms with Crippen molar-refractivity contribution in [3.63, 3.8) is 0 Å². The quantitative estimate of drug-likeness (QED) is 0.837. The average molecular weight is 221 g/mol. The standard InChI is InChI=1S/C12H19N3O/c1-13-6-9-4-5-16-12(9)11-7-14-8-15(11)10-2-3-10/h7-10,12-13H,2-6H2,1H3. The molecule has 88 valence electrons. The molecule has 2 atom stereocenters. The second kappa shape index (κ2) is 4.18. The first-order valence-corrected chi connectivity index (χ1v) is 6.18. The van der Waals surface area contributed by atoms with Gasteiger partial charge in [-0.3, -0.25) is 0 Å². The zero-order valence-electron chi connectivity index (χ0n) is 9.72. The third-order valence-corrected chi connectivity index (χ3v) is 3.61. The maximum Gasteiger partial charge on any atom is 0.103 e. The van der Waals surface area contributed by atoms with Crippen LogP contribution in [0.1, 0.15) is 37.1 Å². The first-order chi connectivity index (χ1) is 7.90. The van der Waals surface area contributed by atoms with Gasteiger partial charge in [0.15, 0.2) is 0 Å². The lowest BCUT2D eigenvalue weighted by Crippen LogP contribution is -2.22. The fourth-order valence-electron chi connectivity index (χ4n) is 2.63. The van der Waals surface area contributed by atoms with E-state index in [1.165, 1.54) is 18.5 Å². The molecule has 2 fully saturated rings. The average Bonchev–Trinajstić information content (AvgIpc) is 2.85. The first-order valence-electron chi connectivity index (χ1n) is 6.18. The van der Waals surface area contributed by atoms with E-state index < -0.39 is 0 Å². The Labute approximate surface area is 96.0 Å². The summed E-state index contributed by atoms with van der Waals surface area (Å²) < 4.78 is 8.20. The molecule has 2 aliphatic rings. The number of hydrogen-bond donors (Lipinski definition) is 1. The molecule has 0 bridgehead atoms. The Morgan fingerprint density at radius 2 is 2.38 bits per heavy atom. The monoisotopic (exact) mass is 221 g/mol. The Morgan fingerprint density at radius 3 is 3.12 bits per heavy atom. The van der Waals surface area contributed by atoms with E-state index in [9.17, 15) is 0 Å². The molecule has 1 aromatic rings. The summed E-state index contributed by atoms with van der Waals surface area (Å²) in [5.74, 6) is 0.596. The van der Waals surface area contributed by atoms with Crippen LogP contribution in [-0.2, 0) is 4.74 Å². The van der Waals surface area contributed by atoms with Gasteiger partial charge in [-0.1, -0.05) is 0 Å². The molecule has 0 radical (unpaired) electrons. The molecule has 2 heterocycles. The maximum atomic E-state index is 5.88. The number of nitrogens with one attached hydrogen (secondary N) is 1. The van der Waals surface area contributed by atoms with Crippen molar-refractivity contribution < 1.29 is 4.74 Å². The Bertz CT molecular complexity index is 359. The molecular weight excluding hydrogens is 202 g/mol. The molecule has 2 unspecified atom stereocenters. The van der Waals surface area contributed by atoms with Gasteiger partial charge < -0.3 is 14.6 Å². The van der Waals surface area contributed by atoms with Gasteiger partial charge in [0, 0.05) is 25.1 Å². The van der Waals surface area contributed by atoms with Crippen molar-refractivity contribution in [1.82, 2.24) is 14.9 Å². The Kier molecular flexibility index (Phi) is 2.69. The second-order valence-electron chi connectivity index (χ2n) is 4.85. The van der Waals surface area contributed by atoms with E-state index in [1.54, 1.807) is 0 Å². The van der Waals surface area contributed by atoms with Crippen LogP contribution in [-0.4, -0.2) is 29.8 Å². The summed E-state index contributed by atoms with van der Waals surface area (Å²) >= 11 is 0. The van der Waals surface area contributed by atoms with E-state index >= 15 is 0 Å². The van der Waals surface area contributed by atoms with Gasteiger partial charge in [0.05, 0.1) is 18.2 Å². The normalized spacial score (nSPS) is 29.8. The Morgan fingerprint density at radius 1 is 1.50 bits per heavy atom. The number of aromatic nitrogens is 2. The van der Waals surface area contributed by atoms with Crippen molar-refractivity contribution in [2.45, 2.75) is 31.4 Å². The molecule has 4 heteroatoms. The number of nitrogens with zero attached hydrogens (tertiary/aromatic N) is 2. The van der Waals surface area contributed by atoms with E-state index in [4.69, 9.17) is 4.74 Å². The molecule has 16 heavy (non-hydrogen) atoms. The van der Waals surface area contributed by atoms with Gasteiger partial charge >= 0.3 is 0 Å². The van der Waals surface area contributed by atoms with E-state index in [1.807, 2.05) is 19.6 Å². The lowest BCUT2D eigenvalue weighted by Gasteiger charge is -2.19. The van der Waals surface area contributed by atoms with Gasteiger partial charge in [0.1, 0.15) is 6.10 Å². The lowest BCUT2D eigenvalue weighted by atomic mass is 9.99. The molecule has 0 spiro atoms. The highest BCUT2D eigenvalue weighted by Gasteiger charge is 2.34. The molecule has 1 aliphatic carbocycles. The minimum Gasteiger partial charge on any atom is -0.372 e. The van der Waals surface area contributed by atoms with Crippen LogP contribution in [0.2, 0.25) is 0 Å². The number of ether oxygens (including phenoxy) is 1. The first kappa shape index (κ1) is 10.3. The van der Waals surface area contributed by atoms with E-state index in [0.717, 1.165) is 19.6 Å². The van der Waals surface area contributed by atoms with Gasteiger partial charge in [-0.2, -0.15) is 0 Å². The predicted octanol–water partition coefficient (Wildman–Crippen LogP) is 1.51. The summed E-state index contributed by atoms with van der Waals surface area (Å²) in [6, 6.07) is 0.692. The van der Waals surface area contributed by atoms with Crippen LogP contribution >= 0.6 is 0 Å². The van der Waals surface area contributed by atoms with Crippen molar-refractivity contribution in [3.8, 4) is 0 Å². The summed E-state index contributed by atoms with van der Waals surface area (Å²) in [6.45, 7) is 1.91. The SMILES string of the molecule is CNCC1CCOC1c1cncn1C1CC1. The third kappa shape index (κ3) is 1.76. The molecule has 4 nitrogen and oxygen atoms in total. The molecular formula is C12H19N3O. The summed E-state index contributed by atoms with van der Waals surface area (Å²) in [7, 11) is 2.01. The Hall–Kier alpha value is -0.870. The van der Waals surface area contributed by atoms with Crippen LogP contribution in [0.5, 0.6) is 0 Å². The third-order valence-electron chi connectivity index (χ3n) is 3.61. The number of imidazole rings is 1. The lowest BCUT2D eigenvalue weighted by molar-refractivity contribution is 0.0843. The molecule has 1 saturated heterocycles. The predicted molar refractivity (Wildman–Crippen MR) is 61.2 cm³/mol. The molecule has 1 aromatic heterocycles. The van der Waals surface area contributed by atoms with Gasteiger partial charge in [-0.25, -0.2) is 4.98 Å². The van der Waals surface area contributed by atoms with E-state index in [-0.39, 0.29) is 6.10 Å². The second-order valence-corrected chi connectivity index (χ2v) is 4.85. The van der Waals surface area contributed by atoms with E-state index in [0.29, 0.717) is 12.0 Å². The van der Waals surface area contributed by atoms with Crippen molar-refractivity contribution >= 4 is 0 Å². The summed E-state index contributed by atoms with van der Waals surface area (Å²) in [5, 5.41) is 3.26. The summed E-state index contributed by atoms with van der Waals surface area (Å²) in [4.78, 5) is 4.29. The van der Waals surface area contributed by atoms with E-state index in [2.05, 4.69) is 14.9 Å². The molecule has 1 N–H and O–H groups in total. The summed E-state index contributed by atoms with van der Waals surface area (Å²) in [6.07, 6.45) is 7.94. The van der Waals surface area contributed by atoms with Gasteiger partial charge in [0.25, 0.3) is 0 Å². The molecule has 1 aliphatic heterocycles. The highest BCUT2D eigenvalue weighted by molar-refractivity contribution is 5.10. The van der Waals surface area contributed by atoms with Crippen LogP contribution in [0.3, 0.4) is 0 Å². The molecule has 1 saturated carbocycles. The molecule has 0 amide bonds. The van der Waals surface area contributed by atoms with Gasteiger partial charge in [0.2, 0.25) is 0 Å². The number of hydrogen-bond acceptors (Lipinski definition) is 3. The smallest absolute Gasteiger partial charge is 0.103 e. The van der Waals surface area contributed by atoms with Gasteiger partial charge in [-0.15, -0.1) is 0 Å². The van der Waals surface area contributed by atoms with Crippen molar-refractivity contribution in [2.75, 3.05) is 20.2 Å². The minimum absolute atomic E-state index is 0.246.